The van der Waals surface area contributed by atoms with Gasteiger partial charge in [0.25, 0.3) is 0 Å². The van der Waals surface area contributed by atoms with Gasteiger partial charge >= 0.3 is 0 Å². The summed E-state index contributed by atoms with van der Waals surface area (Å²) in [5.41, 5.74) is 1.19. The van der Waals surface area contributed by atoms with E-state index in [0.717, 1.165) is 0 Å². The molecule has 2 aromatic carbocycles. The number of halogens is 3. The zero-order valence-corrected chi connectivity index (χ0v) is 11.6. The van der Waals surface area contributed by atoms with Crippen molar-refractivity contribution in [2.75, 3.05) is 5.32 Å². The lowest BCUT2D eigenvalue weighted by Gasteiger charge is -2.18. The summed E-state index contributed by atoms with van der Waals surface area (Å²) in [6, 6.07) is 9.04. The Morgan fingerprint density at radius 2 is 1.95 bits per heavy atom. The Kier molecular flexibility index (Phi) is 4.17. The van der Waals surface area contributed by atoms with E-state index in [1.807, 2.05) is 6.92 Å². The summed E-state index contributed by atoms with van der Waals surface area (Å²) in [6.45, 7) is 1.82. The lowest BCUT2D eigenvalue weighted by Crippen LogP contribution is -2.08. The van der Waals surface area contributed by atoms with Gasteiger partial charge in [0.05, 0.1) is 11.1 Å². The van der Waals surface area contributed by atoms with Crippen LogP contribution in [0, 0.1) is 5.82 Å². The number of hydrogen-bond acceptors (Lipinski definition) is 2. The molecule has 2 aromatic rings. The highest BCUT2D eigenvalue weighted by Gasteiger charge is 2.17. The van der Waals surface area contributed by atoms with Crippen molar-refractivity contribution in [1.29, 1.82) is 0 Å². The first-order chi connectivity index (χ1) is 8.99. The molecule has 19 heavy (non-hydrogen) atoms. The maximum absolute atomic E-state index is 13.5. The quantitative estimate of drug-likeness (QED) is 0.781. The van der Waals surface area contributed by atoms with Gasteiger partial charge in [0, 0.05) is 22.3 Å². The van der Waals surface area contributed by atoms with E-state index in [2.05, 4.69) is 5.32 Å². The highest BCUT2D eigenvalue weighted by atomic mass is 35.5. The molecular formula is C14H12Cl2FNO. The van der Waals surface area contributed by atoms with Crippen LogP contribution in [0.15, 0.2) is 36.4 Å². The fraction of sp³-hybridized carbons (Fsp3) is 0.143. The van der Waals surface area contributed by atoms with Gasteiger partial charge in [-0.05, 0) is 31.2 Å². The van der Waals surface area contributed by atoms with Crippen molar-refractivity contribution in [2.45, 2.75) is 13.0 Å². The molecule has 5 heteroatoms. The minimum absolute atomic E-state index is 0.00709. The largest absolute Gasteiger partial charge is 0.508 e. The average molecular weight is 300 g/mol. The predicted molar refractivity (Wildman–Crippen MR) is 76.6 cm³/mol. The molecule has 0 bridgehead atoms. The van der Waals surface area contributed by atoms with Gasteiger partial charge in [-0.3, -0.25) is 0 Å². The SMILES string of the molecule is CC(Nc1cccc(O)c1)c1c(Cl)ccc(F)c1Cl. The molecule has 0 amide bonds. The van der Waals surface area contributed by atoms with Crippen LogP contribution in [0.3, 0.4) is 0 Å². The fourth-order valence-corrected chi connectivity index (χ4v) is 2.56. The van der Waals surface area contributed by atoms with Crippen LogP contribution < -0.4 is 5.32 Å². The van der Waals surface area contributed by atoms with Crippen LogP contribution >= 0.6 is 23.2 Å². The molecule has 0 aliphatic heterocycles. The zero-order chi connectivity index (χ0) is 14.0. The van der Waals surface area contributed by atoms with Crippen LogP contribution in [0.4, 0.5) is 10.1 Å². The number of anilines is 1. The van der Waals surface area contributed by atoms with Crippen molar-refractivity contribution in [3.8, 4) is 5.75 Å². The van der Waals surface area contributed by atoms with E-state index in [1.165, 1.54) is 12.1 Å². The summed E-state index contributed by atoms with van der Waals surface area (Å²) in [5.74, 6) is -0.362. The molecule has 0 saturated heterocycles. The van der Waals surface area contributed by atoms with Crippen molar-refractivity contribution in [1.82, 2.24) is 0 Å². The first-order valence-electron chi connectivity index (χ1n) is 5.68. The lowest BCUT2D eigenvalue weighted by atomic mass is 10.1. The maximum atomic E-state index is 13.5. The molecule has 2 rings (SSSR count). The number of hydrogen-bond donors (Lipinski definition) is 2. The molecule has 0 heterocycles. The summed E-state index contributed by atoms with van der Waals surface area (Å²) in [4.78, 5) is 0. The van der Waals surface area contributed by atoms with Crippen molar-refractivity contribution in [3.63, 3.8) is 0 Å². The number of aromatic hydroxyl groups is 1. The monoisotopic (exact) mass is 299 g/mol. The highest BCUT2D eigenvalue weighted by molar-refractivity contribution is 6.36. The standard InChI is InChI=1S/C14H12Cl2FNO/c1-8(18-9-3-2-4-10(19)7-9)13-11(15)5-6-12(17)14(13)16/h2-8,18-19H,1H3. The van der Waals surface area contributed by atoms with E-state index >= 15 is 0 Å². The van der Waals surface area contributed by atoms with Gasteiger partial charge in [0.15, 0.2) is 0 Å². The lowest BCUT2D eigenvalue weighted by molar-refractivity contribution is 0.475. The Hall–Kier alpha value is -1.45. The molecule has 0 fully saturated rings. The normalized spacial score (nSPS) is 12.2. The molecular weight excluding hydrogens is 288 g/mol. The topological polar surface area (TPSA) is 32.3 Å². The Labute approximate surface area is 120 Å². The van der Waals surface area contributed by atoms with Crippen molar-refractivity contribution in [2.24, 2.45) is 0 Å². The molecule has 0 saturated carbocycles. The first kappa shape index (κ1) is 14.0. The summed E-state index contributed by atoms with van der Waals surface area (Å²) in [6.07, 6.45) is 0. The van der Waals surface area contributed by atoms with Gasteiger partial charge in [-0.25, -0.2) is 4.39 Å². The Balaban J connectivity index is 2.30. The van der Waals surface area contributed by atoms with E-state index in [4.69, 9.17) is 23.2 Å². The molecule has 100 valence electrons. The predicted octanol–water partition coefficient (Wildman–Crippen LogP) is 5.01. The second-order valence-electron chi connectivity index (χ2n) is 4.17. The Morgan fingerprint density at radius 3 is 2.63 bits per heavy atom. The van der Waals surface area contributed by atoms with Crippen LogP contribution in [0.5, 0.6) is 5.75 Å². The maximum Gasteiger partial charge on any atom is 0.142 e. The fourth-order valence-electron chi connectivity index (χ4n) is 1.86. The van der Waals surface area contributed by atoms with Crippen molar-refractivity contribution >= 4 is 28.9 Å². The van der Waals surface area contributed by atoms with E-state index in [-0.39, 0.29) is 16.8 Å². The molecule has 2 N–H and O–H groups in total. The minimum atomic E-state index is -0.509. The van der Waals surface area contributed by atoms with Crippen molar-refractivity contribution < 1.29 is 9.50 Å². The Morgan fingerprint density at radius 1 is 1.21 bits per heavy atom. The van der Waals surface area contributed by atoms with Gasteiger partial charge in [0.1, 0.15) is 11.6 Å². The van der Waals surface area contributed by atoms with Crippen LogP contribution in [-0.2, 0) is 0 Å². The second-order valence-corrected chi connectivity index (χ2v) is 4.96. The van der Waals surface area contributed by atoms with Gasteiger partial charge in [-0.1, -0.05) is 29.3 Å². The molecule has 0 aliphatic rings. The van der Waals surface area contributed by atoms with Gasteiger partial charge < -0.3 is 10.4 Å². The molecule has 2 nitrogen and oxygen atoms in total. The summed E-state index contributed by atoms with van der Waals surface area (Å²) < 4.78 is 13.5. The number of rotatable bonds is 3. The third-order valence-electron chi connectivity index (χ3n) is 2.74. The number of phenols is 1. The average Bonchev–Trinajstić information content (AvgIpc) is 2.34. The third-order valence-corrected chi connectivity index (χ3v) is 3.46. The van der Waals surface area contributed by atoms with Crippen molar-refractivity contribution in [3.05, 3.63) is 57.8 Å². The van der Waals surface area contributed by atoms with Crippen LogP contribution in [0.25, 0.3) is 0 Å². The molecule has 0 radical (unpaired) electrons. The Bertz CT molecular complexity index is 604. The van der Waals surface area contributed by atoms with E-state index in [1.54, 1.807) is 24.3 Å². The van der Waals surface area contributed by atoms with E-state index in [0.29, 0.717) is 16.3 Å². The molecule has 0 aromatic heterocycles. The number of benzene rings is 2. The summed E-state index contributed by atoms with van der Waals surface area (Å²) >= 11 is 12.0. The van der Waals surface area contributed by atoms with Gasteiger partial charge in [-0.15, -0.1) is 0 Å². The molecule has 0 aliphatic carbocycles. The highest BCUT2D eigenvalue weighted by Crippen LogP contribution is 2.34. The van der Waals surface area contributed by atoms with E-state index in [9.17, 15) is 9.50 Å². The zero-order valence-electron chi connectivity index (χ0n) is 10.1. The smallest absolute Gasteiger partial charge is 0.142 e. The summed E-state index contributed by atoms with van der Waals surface area (Å²) in [5, 5.41) is 12.9. The summed E-state index contributed by atoms with van der Waals surface area (Å²) in [7, 11) is 0. The number of phenolic OH excluding ortho intramolecular Hbond substituents is 1. The number of nitrogens with one attached hydrogen (secondary N) is 1. The van der Waals surface area contributed by atoms with Gasteiger partial charge in [0.2, 0.25) is 0 Å². The molecule has 1 atom stereocenters. The van der Waals surface area contributed by atoms with Gasteiger partial charge in [-0.2, -0.15) is 0 Å². The third kappa shape index (κ3) is 3.11. The van der Waals surface area contributed by atoms with E-state index < -0.39 is 5.82 Å². The van der Waals surface area contributed by atoms with Crippen LogP contribution in [-0.4, -0.2) is 5.11 Å². The minimum Gasteiger partial charge on any atom is -0.508 e. The second kappa shape index (κ2) is 5.68. The molecule has 0 spiro atoms. The first-order valence-corrected chi connectivity index (χ1v) is 6.43. The molecule has 1 unspecified atom stereocenters. The van der Waals surface area contributed by atoms with Crippen LogP contribution in [0.2, 0.25) is 10.0 Å². The van der Waals surface area contributed by atoms with Crippen LogP contribution in [0.1, 0.15) is 18.5 Å².